The van der Waals surface area contributed by atoms with E-state index in [2.05, 4.69) is 6.92 Å². The molecule has 4 rings (SSSR count). The molecule has 1 aliphatic rings. The van der Waals surface area contributed by atoms with Crippen LogP contribution in [0.4, 0.5) is 8.78 Å². The van der Waals surface area contributed by atoms with Crippen molar-refractivity contribution < 1.29 is 13.5 Å². The third kappa shape index (κ3) is 6.05. The molecule has 0 radical (unpaired) electrons. The number of benzene rings is 3. The van der Waals surface area contributed by atoms with E-state index in [0.717, 1.165) is 41.7 Å². The van der Waals surface area contributed by atoms with Gasteiger partial charge in [0.15, 0.2) is 11.6 Å². The number of hydrogen-bond donors (Lipinski definition) is 0. The van der Waals surface area contributed by atoms with E-state index >= 15 is 0 Å². The average Bonchev–Trinajstić information content (AvgIpc) is 2.88. The molecule has 1 aliphatic carbocycles. The fraction of sp³-hybridized carbons (Fsp3) is 0.419. The molecule has 0 saturated heterocycles. The standard InChI is InChI=1S/C31H36F2O/c1-3-23-8-10-24(11-9-23)6-4-5-21-34-28-18-16-26(17-19-28)25-12-14-27(15-13-25)29-20-7-22(2)30(32)31(29)33/h7,12-20,23-24H,3-6,8-11,21H2,1-2H3. The van der Waals surface area contributed by atoms with Crippen LogP contribution in [0.5, 0.6) is 5.75 Å². The summed E-state index contributed by atoms with van der Waals surface area (Å²) in [6, 6.07) is 18.9. The summed E-state index contributed by atoms with van der Waals surface area (Å²) in [5, 5.41) is 0. The molecule has 1 nitrogen and oxygen atoms in total. The van der Waals surface area contributed by atoms with Crippen LogP contribution in [0.25, 0.3) is 22.3 Å². The highest BCUT2D eigenvalue weighted by Crippen LogP contribution is 2.33. The summed E-state index contributed by atoms with van der Waals surface area (Å²) >= 11 is 0. The van der Waals surface area contributed by atoms with Crippen molar-refractivity contribution in [2.75, 3.05) is 6.61 Å². The molecule has 1 saturated carbocycles. The quantitative estimate of drug-likeness (QED) is 0.288. The Morgan fingerprint density at radius 2 is 1.29 bits per heavy atom. The first-order valence-electron chi connectivity index (χ1n) is 12.8. The number of hydrogen-bond acceptors (Lipinski definition) is 1. The van der Waals surface area contributed by atoms with Crippen LogP contribution >= 0.6 is 0 Å². The van der Waals surface area contributed by atoms with Crippen LogP contribution in [0, 0.1) is 30.4 Å². The summed E-state index contributed by atoms with van der Waals surface area (Å²) in [5.74, 6) is 1.21. The largest absolute Gasteiger partial charge is 0.494 e. The summed E-state index contributed by atoms with van der Waals surface area (Å²) in [6.07, 6.45) is 10.7. The maximum Gasteiger partial charge on any atom is 0.166 e. The molecule has 0 aromatic heterocycles. The highest BCUT2D eigenvalue weighted by atomic mass is 19.2. The first kappa shape index (κ1) is 24.4. The van der Waals surface area contributed by atoms with Crippen LogP contribution in [-0.4, -0.2) is 6.61 Å². The topological polar surface area (TPSA) is 9.23 Å². The second-order valence-corrected chi connectivity index (χ2v) is 9.80. The number of rotatable bonds is 9. The molecule has 0 atom stereocenters. The highest BCUT2D eigenvalue weighted by Gasteiger charge is 2.19. The van der Waals surface area contributed by atoms with Gasteiger partial charge in [0, 0.05) is 5.56 Å². The Morgan fingerprint density at radius 3 is 1.94 bits per heavy atom. The van der Waals surface area contributed by atoms with E-state index in [-0.39, 0.29) is 5.56 Å². The summed E-state index contributed by atoms with van der Waals surface area (Å²) in [4.78, 5) is 0. The molecule has 0 amide bonds. The van der Waals surface area contributed by atoms with Gasteiger partial charge in [-0.1, -0.05) is 94.0 Å². The third-order valence-electron chi connectivity index (χ3n) is 7.48. The van der Waals surface area contributed by atoms with Gasteiger partial charge in [0.1, 0.15) is 5.75 Å². The van der Waals surface area contributed by atoms with E-state index in [9.17, 15) is 8.78 Å². The smallest absolute Gasteiger partial charge is 0.166 e. The fourth-order valence-electron chi connectivity index (χ4n) is 5.11. The Balaban J connectivity index is 1.25. The van der Waals surface area contributed by atoms with Crippen molar-refractivity contribution in [1.29, 1.82) is 0 Å². The van der Waals surface area contributed by atoms with E-state index < -0.39 is 11.6 Å². The van der Waals surface area contributed by atoms with Gasteiger partial charge in [0.05, 0.1) is 6.61 Å². The molecule has 0 spiro atoms. The number of halogens is 2. The number of aryl methyl sites for hydroxylation is 1. The van der Waals surface area contributed by atoms with Crippen molar-refractivity contribution in [3.8, 4) is 28.0 Å². The van der Waals surface area contributed by atoms with Gasteiger partial charge in [-0.05, 0) is 66.0 Å². The summed E-state index contributed by atoms with van der Waals surface area (Å²) in [7, 11) is 0. The van der Waals surface area contributed by atoms with Gasteiger partial charge in [-0.2, -0.15) is 0 Å². The van der Waals surface area contributed by atoms with Crippen molar-refractivity contribution in [3.63, 3.8) is 0 Å². The predicted octanol–water partition coefficient (Wildman–Crippen LogP) is 9.37. The van der Waals surface area contributed by atoms with Crippen molar-refractivity contribution >= 4 is 0 Å². The molecule has 180 valence electrons. The second kappa shape index (κ2) is 11.6. The minimum Gasteiger partial charge on any atom is -0.494 e. The van der Waals surface area contributed by atoms with Gasteiger partial charge >= 0.3 is 0 Å². The summed E-state index contributed by atoms with van der Waals surface area (Å²) in [6.45, 7) is 4.65. The minimum absolute atomic E-state index is 0.284. The minimum atomic E-state index is -0.793. The predicted molar refractivity (Wildman–Crippen MR) is 137 cm³/mol. The lowest BCUT2D eigenvalue weighted by Gasteiger charge is -2.27. The van der Waals surface area contributed by atoms with Crippen molar-refractivity contribution in [1.82, 2.24) is 0 Å². The molecule has 3 aromatic carbocycles. The maximum atomic E-state index is 14.3. The van der Waals surface area contributed by atoms with Gasteiger partial charge in [-0.25, -0.2) is 8.78 Å². The summed E-state index contributed by atoms with van der Waals surface area (Å²) in [5.41, 5.74) is 3.36. The third-order valence-corrected chi connectivity index (χ3v) is 7.48. The average molecular weight is 463 g/mol. The monoisotopic (exact) mass is 462 g/mol. The molecule has 0 aliphatic heterocycles. The van der Waals surface area contributed by atoms with Gasteiger partial charge in [0.2, 0.25) is 0 Å². The van der Waals surface area contributed by atoms with Crippen molar-refractivity contribution in [2.45, 2.75) is 65.2 Å². The fourth-order valence-corrected chi connectivity index (χ4v) is 5.11. The van der Waals surface area contributed by atoms with Crippen molar-refractivity contribution in [2.24, 2.45) is 11.8 Å². The zero-order chi connectivity index (χ0) is 23.9. The second-order valence-electron chi connectivity index (χ2n) is 9.80. The Bertz CT molecular complexity index is 1050. The van der Waals surface area contributed by atoms with Crippen LogP contribution in [0.15, 0.2) is 60.7 Å². The summed E-state index contributed by atoms with van der Waals surface area (Å²) < 4.78 is 34.2. The van der Waals surface area contributed by atoms with Gasteiger partial charge < -0.3 is 4.74 Å². The Hall–Kier alpha value is -2.68. The lowest BCUT2D eigenvalue weighted by Crippen LogP contribution is -2.14. The van der Waals surface area contributed by atoms with E-state index in [1.54, 1.807) is 19.1 Å². The zero-order valence-electron chi connectivity index (χ0n) is 20.5. The normalized spacial score (nSPS) is 18.1. The molecule has 0 unspecified atom stereocenters. The van der Waals surface area contributed by atoms with Crippen molar-refractivity contribution in [3.05, 3.63) is 77.9 Å². The van der Waals surface area contributed by atoms with E-state index in [1.807, 2.05) is 48.5 Å². The Morgan fingerprint density at radius 1 is 0.706 bits per heavy atom. The molecular formula is C31H36F2O. The highest BCUT2D eigenvalue weighted by molar-refractivity contribution is 5.71. The first-order chi connectivity index (χ1) is 16.5. The molecule has 0 heterocycles. The molecule has 34 heavy (non-hydrogen) atoms. The van der Waals surface area contributed by atoms with Crippen LogP contribution in [0.1, 0.15) is 63.9 Å². The maximum absolute atomic E-state index is 14.3. The molecule has 0 N–H and O–H groups in total. The first-order valence-corrected chi connectivity index (χ1v) is 12.8. The Labute approximate surface area is 203 Å². The van der Waals surface area contributed by atoms with Gasteiger partial charge in [-0.3, -0.25) is 0 Å². The molecule has 0 bridgehead atoms. The number of unbranched alkanes of at least 4 members (excludes halogenated alkanes) is 1. The lowest BCUT2D eigenvalue weighted by molar-refractivity contribution is 0.244. The van der Waals surface area contributed by atoms with E-state index in [4.69, 9.17) is 4.74 Å². The van der Waals surface area contributed by atoms with Crippen LogP contribution < -0.4 is 4.74 Å². The van der Waals surface area contributed by atoms with Crippen LogP contribution in [0.2, 0.25) is 0 Å². The molecule has 1 fully saturated rings. The SMILES string of the molecule is CCC1CCC(CCCCOc2ccc(-c3ccc(-c4ccc(C)c(F)c4F)cc3)cc2)CC1. The van der Waals surface area contributed by atoms with Crippen LogP contribution in [0.3, 0.4) is 0 Å². The van der Waals surface area contributed by atoms with Gasteiger partial charge in [-0.15, -0.1) is 0 Å². The molecule has 3 aromatic rings. The van der Waals surface area contributed by atoms with E-state index in [1.165, 1.54) is 44.9 Å². The van der Waals surface area contributed by atoms with Crippen LogP contribution in [-0.2, 0) is 0 Å². The molecule has 3 heteroatoms. The van der Waals surface area contributed by atoms with E-state index in [0.29, 0.717) is 11.1 Å². The lowest BCUT2D eigenvalue weighted by atomic mass is 9.79. The molecular weight excluding hydrogens is 426 g/mol. The Kier molecular flexibility index (Phi) is 8.37. The zero-order valence-corrected chi connectivity index (χ0v) is 20.5. The van der Waals surface area contributed by atoms with Gasteiger partial charge in [0.25, 0.3) is 0 Å². The number of ether oxygens (including phenoxy) is 1.